The van der Waals surface area contributed by atoms with Gasteiger partial charge in [-0.15, -0.1) is 0 Å². The molecule has 0 bridgehead atoms. The zero-order chi connectivity index (χ0) is 16.5. The lowest BCUT2D eigenvalue weighted by Gasteiger charge is -2.24. The molecule has 3 nitrogen and oxygen atoms in total. The SMILES string of the molecule is CC(C)CCNC(=O)CN(Cc1ccccc1)c1ccccc1. The summed E-state index contributed by atoms with van der Waals surface area (Å²) in [7, 11) is 0. The fourth-order valence-electron chi connectivity index (χ4n) is 2.41. The van der Waals surface area contributed by atoms with Crippen LogP contribution in [0.15, 0.2) is 60.7 Å². The molecule has 0 aliphatic rings. The molecule has 0 saturated heterocycles. The standard InChI is InChI=1S/C20H26N2O/c1-17(2)13-14-21-20(23)16-22(19-11-7-4-8-12-19)15-18-9-5-3-6-10-18/h3-12,17H,13-16H2,1-2H3,(H,21,23). The van der Waals surface area contributed by atoms with Crippen LogP contribution in [0.3, 0.4) is 0 Å². The van der Waals surface area contributed by atoms with Crippen molar-refractivity contribution < 1.29 is 4.79 Å². The topological polar surface area (TPSA) is 32.3 Å². The molecule has 2 aromatic carbocycles. The number of carbonyl (C=O) groups is 1. The van der Waals surface area contributed by atoms with Crippen LogP contribution in [0.1, 0.15) is 25.8 Å². The predicted molar refractivity (Wildman–Crippen MR) is 96.4 cm³/mol. The number of rotatable bonds is 8. The van der Waals surface area contributed by atoms with Gasteiger partial charge in [0.15, 0.2) is 0 Å². The Kier molecular flexibility index (Phi) is 6.67. The minimum absolute atomic E-state index is 0.0745. The summed E-state index contributed by atoms with van der Waals surface area (Å²) in [6.07, 6.45) is 1.01. The molecule has 2 rings (SSSR count). The molecule has 0 heterocycles. The molecule has 0 saturated carbocycles. The zero-order valence-corrected chi connectivity index (χ0v) is 14.0. The molecular formula is C20H26N2O. The van der Waals surface area contributed by atoms with Crippen molar-refractivity contribution in [2.24, 2.45) is 5.92 Å². The van der Waals surface area contributed by atoms with Gasteiger partial charge in [0, 0.05) is 18.8 Å². The zero-order valence-electron chi connectivity index (χ0n) is 14.0. The van der Waals surface area contributed by atoms with Gasteiger partial charge >= 0.3 is 0 Å². The molecule has 0 spiro atoms. The van der Waals surface area contributed by atoms with Crippen molar-refractivity contribution in [2.45, 2.75) is 26.8 Å². The Morgan fingerprint density at radius 2 is 1.61 bits per heavy atom. The third-order valence-electron chi connectivity index (χ3n) is 3.72. The summed E-state index contributed by atoms with van der Waals surface area (Å²) in [4.78, 5) is 14.4. The number of hydrogen-bond donors (Lipinski definition) is 1. The van der Waals surface area contributed by atoms with Crippen LogP contribution in [0.2, 0.25) is 0 Å². The fraction of sp³-hybridized carbons (Fsp3) is 0.350. The number of hydrogen-bond acceptors (Lipinski definition) is 2. The third kappa shape index (κ3) is 6.15. The first-order valence-electron chi connectivity index (χ1n) is 8.26. The average molecular weight is 310 g/mol. The van der Waals surface area contributed by atoms with Gasteiger partial charge in [-0.25, -0.2) is 0 Å². The molecule has 0 fully saturated rings. The number of para-hydroxylation sites is 1. The lowest BCUT2D eigenvalue weighted by Crippen LogP contribution is -2.37. The fourth-order valence-corrected chi connectivity index (χ4v) is 2.41. The maximum Gasteiger partial charge on any atom is 0.239 e. The lowest BCUT2D eigenvalue weighted by atomic mass is 10.1. The molecule has 1 amide bonds. The monoisotopic (exact) mass is 310 g/mol. The summed E-state index contributed by atoms with van der Waals surface area (Å²) in [5, 5.41) is 3.02. The van der Waals surface area contributed by atoms with Gasteiger partial charge in [0.05, 0.1) is 6.54 Å². The summed E-state index contributed by atoms with van der Waals surface area (Å²) >= 11 is 0. The van der Waals surface area contributed by atoms with E-state index in [2.05, 4.69) is 36.2 Å². The van der Waals surface area contributed by atoms with Crippen molar-refractivity contribution in [3.63, 3.8) is 0 Å². The smallest absolute Gasteiger partial charge is 0.239 e. The summed E-state index contributed by atoms with van der Waals surface area (Å²) in [6, 6.07) is 20.3. The van der Waals surface area contributed by atoms with Crippen LogP contribution < -0.4 is 10.2 Å². The van der Waals surface area contributed by atoms with Crippen LogP contribution in [0, 0.1) is 5.92 Å². The van der Waals surface area contributed by atoms with Crippen LogP contribution in [0.5, 0.6) is 0 Å². The molecule has 1 N–H and O–H groups in total. The van der Waals surface area contributed by atoms with E-state index in [0.717, 1.165) is 25.2 Å². The molecule has 0 radical (unpaired) electrons. The quantitative estimate of drug-likeness (QED) is 0.803. The van der Waals surface area contributed by atoms with Crippen LogP contribution in [0.4, 0.5) is 5.69 Å². The number of nitrogens with zero attached hydrogens (tertiary/aromatic N) is 1. The molecule has 3 heteroatoms. The number of benzene rings is 2. The Hall–Kier alpha value is -2.29. The molecule has 0 atom stereocenters. The molecule has 0 aliphatic heterocycles. The number of amides is 1. The van der Waals surface area contributed by atoms with E-state index in [-0.39, 0.29) is 5.91 Å². The van der Waals surface area contributed by atoms with Crippen LogP contribution in [0.25, 0.3) is 0 Å². The predicted octanol–water partition coefficient (Wildman–Crippen LogP) is 3.86. The van der Waals surface area contributed by atoms with E-state index in [9.17, 15) is 4.79 Å². The van der Waals surface area contributed by atoms with Crippen molar-refractivity contribution in [2.75, 3.05) is 18.0 Å². The van der Waals surface area contributed by atoms with Gasteiger partial charge < -0.3 is 10.2 Å². The van der Waals surface area contributed by atoms with Crippen molar-refractivity contribution in [3.8, 4) is 0 Å². The number of nitrogens with one attached hydrogen (secondary N) is 1. The van der Waals surface area contributed by atoms with Gasteiger partial charge in [-0.05, 0) is 30.0 Å². The lowest BCUT2D eigenvalue weighted by molar-refractivity contribution is -0.119. The first-order chi connectivity index (χ1) is 11.1. The first kappa shape index (κ1) is 17.1. The van der Waals surface area contributed by atoms with Crippen LogP contribution in [-0.2, 0) is 11.3 Å². The van der Waals surface area contributed by atoms with E-state index in [1.807, 2.05) is 48.5 Å². The van der Waals surface area contributed by atoms with Gasteiger partial charge in [0.25, 0.3) is 0 Å². The van der Waals surface area contributed by atoms with E-state index >= 15 is 0 Å². The molecule has 122 valence electrons. The summed E-state index contributed by atoms with van der Waals surface area (Å²) in [6.45, 7) is 6.17. The largest absolute Gasteiger partial charge is 0.358 e. The van der Waals surface area contributed by atoms with Crippen molar-refractivity contribution in [3.05, 3.63) is 66.2 Å². The minimum atomic E-state index is 0.0745. The summed E-state index contributed by atoms with van der Waals surface area (Å²) in [5.74, 6) is 0.676. The molecule has 2 aromatic rings. The van der Waals surface area contributed by atoms with Crippen LogP contribution >= 0.6 is 0 Å². The minimum Gasteiger partial charge on any atom is -0.358 e. The second-order valence-electron chi connectivity index (χ2n) is 6.21. The second kappa shape index (κ2) is 8.99. The normalized spacial score (nSPS) is 10.6. The summed E-state index contributed by atoms with van der Waals surface area (Å²) in [5.41, 5.74) is 2.27. The highest BCUT2D eigenvalue weighted by Crippen LogP contribution is 2.16. The molecular weight excluding hydrogens is 284 g/mol. The third-order valence-corrected chi connectivity index (χ3v) is 3.72. The van der Waals surface area contributed by atoms with Gasteiger partial charge in [-0.3, -0.25) is 4.79 Å². The van der Waals surface area contributed by atoms with Gasteiger partial charge in [-0.1, -0.05) is 62.4 Å². The Morgan fingerprint density at radius 3 is 2.22 bits per heavy atom. The molecule has 23 heavy (non-hydrogen) atoms. The van der Waals surface area contributed by atoms with E-state index in [1.54, 1.807) is 0 Å². The molecule has 0 aromatic heterocycles. The highest BCUT2D eigenvalue weighted by molar-refractivity contribution is 5.81. The van der Waals surface area contributed by atoms with Crippen molar-refractivity contribution >= 4 is 11.6 Å². The first-order valence-corrected chi connectivity index (χ1v) is 8.26. The Labute approximate surface area is 139 Å². The molecule has 0 unspecified atom stereocenters. The Bertz CT molecular complexity index is 581. The maximum absolute atomic E-state index is 12.2. The van der Waals surface area contributed by atoms with E-state index in [1.165, 1.54) is 5.56 Å². The highest BCUT2D eigenvalue weighted by atomic mass is 16.2. The van der Waals surface area contributed by atoms with E-state index in [4.69, 9.17) is 0 Å². The average Bonchev–Trinajstić information content (AvgIpc) is 2.56. The maximum atomic E-state index is 12.2. The van der Waals surface area contributed by atoms with Gasteiger partial charge in [0.2, 0.25) is 5.91 Å². The van der Waals surface area contributed by atoms with Gasteiger partial charge in [-0.2, -0.15) is 0 Å². The van der Waals surface area contributed by atoms with Crippen LogP contribution in [-0.4, -0.2) is 19.0 Å². The number of anilines is 1. The van der Waals surface area contributed by atoms with E-state index in [0.29, 0.717) is 12.5 Å². The van der Waals surface area contributed by atoms with Gasteiger partial charge in [0.1, 0.15) is 0 Å². The van der Waals surface area contributed by atoms with Crippen molar-refractivity contribution in [1.29, 1.82) is 0 Å². The van der Waals surface area contributed by atoms with E-state index < -0.39 is 0 Å². The Morgan fingerprint density at radius 1 is 1.00 bits per heavy atom. The van der Waals surface area contributed by atoms with Crippen molar-refractivity contribution in [1.82, 2.24) is 5.32 Å². The number of carbonyl (C=O) groups excluding carboxylic acids is 1. The Balaban J connectivity index is 2.01. The molecule has 0 aliphatic carbocycles. The second-order valence-corrected chi connectivity index (χ2v) is 6.21. The highest BCUT2D eigenvalue weighted by Gasteiger charge is 2.12. The summed E-state index contributed by atoms with van der Waals surface area (Å²) < 4.78 is 0.